The van der Waals surface area contributed by atoms with Crippen molar-refractivity contribution in [3.05, 3.63) is 29.6 Å². The van der Waals surface area contributed by atoms with Crippen LogP contribution >= 0.6 is 11.6 Å². The molecule has 2 rings (SSSR count). The van der Waals surface area contributed by atoms with Crippen LogP contribution in [0, 0.1) is 5.82 Å². The molecule has 1 aliphatic carbocycles. The Morgan fingerprint density at radius 3 is 2.42 bits per heavy atom. The van der Waals surface area contributed by atoms with E-state index >= 15 is 0 Å². The Balaban J connectivity index is 2.18. The lowest BCUT2D eigenvalue weighted by molar-refractivity contribution is 0.0683. The van der Waals surface area contributed by atoms with Crippen LogP contribution in [0.1, 0.15) is 24.8 Å². The fraction of sp³-hybridized carbons (Fsp3) is 0.600. The second kappa shape index (κ2) is 5.68. The highest BCUT2D eigenvalue weighted by Crippen LogP contribution is 2.38. The first-order chi connectivity index (χ1) is 8.98. The molecule has 0 bridgehead atoms. The van der Waals surface area contributed by atoms with E-state index in [1.54, 1.807) is 0 Å². The molecule has 0 N–H and O–H groups in total. The summed E-state index contributed by atoms with van der Waals surface area (Å²) in [5.74, 6) is 0.116. The van der Waals surface area contributed by atoms with E-state index in [-0.39, 0.29) is 11.4 Å². The Bertz CT molecular complexity index is 444. The molecule has 1 fully saturated rings. The SMILES string of the molecule is CN(CC1(N(C)C)CCC1)c1ccc(F)cc1CCl. The molecular weight excluding hydrogens is 263 g/mol. The molecule has 19 heavy (non-hydrogen) atoms. The second-order valence-electron chi connectivity index (χ2n) is 5.74. The number of anilines is 1. The molecule has 0 heterocycles. The lowest BCUT2D eigenvalue weighted by Gasteiger charge is -2.49. The first-order valence-electron chi connectivity index (χ1n) is 6.71. The van der Waals surface area contributed by atoms with E-state index in [9.17, 15) is 4.39 Å². The smallest absolute Gasteiger partial charge is 0.123 e. The van der Waals surface area contributed by atoms with Gasteiger partial charge in [0, 0.05) is 30.7 Å². The maximum atomic E-state index is 13.3. The average Bonchev–Trinajstić information content (AvgIpc) is 2.32. The predicted molar refractivity (Wildman–Crippen MR) is 79.5 cm³/mol. The summed E-state index contributed by atoms with van der Waals surface area (Å²) in [6.45, 7) is 0.954. The Kier molecular flexibility index (Phi) is 4.36. The van der Waals surface area contributed by atoms with Crippen LogP contribution in [0.15, 0.2) is 18.2 Å². The molecule has 0 aliphatic heterocycles. The van der Waals surface area contributed by atoms with Crippen molar-refractivity contribution >= 4 is 17.3 Å². The number of hydrogen-bond acceptors (Lipinski definition) is 2. The summed E-state index contributed by atoms with van der Waals surface area (Å²) in [5.41, 5.74) is 2.15. The van der Waals surface area contributed by atoms with Gasteiger partial charge in [0.1, 0.15) is 5.82 Å². The molecule has 0 aromatic heterocycles. The standard InChI is InChI=1S/C15H22ClFN2/c1-18(2)15(7-4-8-15)11-19(3)14-6-5-13(17)9-12(14)10-16/h5-6,9H,4,7-8,10-11H2,1-3H3. The number of benzene rings is 1. The molecule has 4 heteroatoms. The number of likely N-dealkylation sites (N-methyl/N-ethyl adjacent to an activating group) is 2. The third-order valence-electron chi connectivity index (χ3n) is 4.36. The second-order valence-corrected chi connectivity index (χ2v) is 6.00. The Hall–Kier alpha value is -0.800. The van der Waals surface area contributed by atoms with E-state index in [4.69, 9.17) is 11.6 Å². The van der Waals surface area contributed by atoms with Crippen LogP contribution in [0.25, 0.3) is 0 Å². The molecule has 0 amide bonds. The number of nitrogens with zero attached hydrogens (tertiary/aromatic N) is 2. The zero-order chi connectivity index (χ0) is 14.0. The summed E-state index contributed by atoms with van der Waals surface area (Å²) in [4.78, 5) is 4.52. The van der Waals surface area contributed by atoms with Gasteiger partial charge in [0.25, 0.3) is 0 Å². The minimum absolute atomic E-state index is 0.223. The minimum Gasteiger partial charge on any atom is -0.372 e. The molecule has 2 nitrogen and oxygen atoms in total. The molecule has 0 unspecified atom stereocenters. The molecule has 0 radical (unpaired) electrons. The van der Waals surface area contributed by atoms with Crippen molar-refractivity contribution in [2.45, 2.75) is 30.7 Å². The van der Waals surface area contributed by atoms with Gasteiger partial charge in [-0.05, 0) is 57.1 Å². The molecule has 1 aliphatic rings. The highest BCUT2D eigenvalue weighted by atomic mass is 35.5. The largest absolute Gasteiger partial charge is 0.372 e. The van der Waals surface area contributed by atoms with Crippen LogP contribution in [-0.4, -0.2) is 38.1 Å². The zero-order valence-corrected chi connectivity index (χ0v) is 12.7. The third-order valence-corrected chi connectivity index (χ3v) is 4.65. The monoisotopic (exact) mass is 284 g/mol. The van der Waals surface area contributed by atoms with Crippen molar-refractivity contribution in [3.63, 3.8) is 0 Å². The maximum absolute atomic E-state index is 13.3. The van der Waals surface area contributed by atoms with Gasteiger partial charge in [-0.1, -0.05) is 0 Å². The van der Waals surface area contributed by atoms with Gasteiger partial charge in [-0.25, -0.2) is 4.39 Å². The highest BCUT2D eigenvalue weighted by Gasteiger charge is 2.40. The molecule has 106 valence electrons. The summed E-state index contributed by atoms with van der Waals surface area (Å²) in [6.07, 6.45) is 3.74. The van der Waals surface area contributed by atoms with E-state index in [0.29, 0.717) is 5.88 Å². The van der Waals surface area contributed by atoms with Crippen LogP contribution in [-0.2, 0) is 5.88 Å². The number of alkyl halides is 1. The molecule has 1 saturated carbocycles. The molecule has 0 spiro atoms. The van der Waals surface area contributed by atoms with Crippen LogP contribution in [0.3, 0.4) is 0 Å². The van der Waals surface area contributed by atoms with Gasteiger partial charge in [-0.2, -0.15) is 0 Å². The molecule has 1 aromatic carbocycles. The highest BCUT2D eigenvalue weighted by molar-refractivity contribution is 6.17. The van der Waals surface area contributed by atoms with Gasteiger partial charge in [-0.15, -0.1) is 11.6 Å². The summed E-state index contributed by atoms with van der Waals surface area (Å²) < 4.78 is 13.3. The maximum Gasteiger partial charge on any atom is 0.123 e. The van der Waals surface area contributed by atoms with E-state index in [0.717, 1.165) is 17.8 Å². The normalized spacial score (nSPS) is 17.4. The van der Waals surface area contributed by atoms with Crippen LogP contribution < -0.4 is 4.90 Å². The quantitative estimate of drug-likeness (QED) is 0.764. The van der Waals surface area contributed by atoms with Gasteiger partial charge in [0.15, 0.2) is 0 Å². The van der Waals surface area contributed by atoms with Gasteiger partial charge in [-0.3, -0.25) is 0 Å². The van der Waals surface area contributed by atoms with Crippen LogP contribution in [0.4, 0.5) is 10.1 Å². The zero-order valence-electron chi connectivity index (χ0n) is 11.9. The number of halogens is 2. The number of hydrogen-bond donors (Lipinski definition) is 0. The molecule has 0 atom stereocenters. The van der Waals surface area contributed by atoms with E-state index in [2.05, 4.69) is 30.9 Å². The van der Waals surface area contributed by atoms with Crippen molar-refractivity contribution in [3.8, 4) is 0 Å². The first kappa shape index (κ1) is 14.6. The summed E-state index contributed by atoms with van der Waals surface area (Å²) >= 11 is 5.93. The summed E-state index contributed by atoms with van der Waals surface area (Å²) in [7, 11) is 6.34. The predicted octanol–water partition coefficient (Wildman–Crippen LogP) is 3.49. The van der Waals surface area contributed by atoms with Crippen molar-refractivity contribution < 1.29 is 4.39 Å². The lowest BCUT2D eigenvalue weighted by Crippen LogP contribution is -2.56. The Labute approximate surface area is 120 Å². The van der Waals surface area contributed by atoms with Crippen molar-refractivity contribution in [2.24, 2.45) is 0 Å². The van der Waals surface area contributed by atoms with Crippen LogP contribution in [0.5, 0.6) is 0 Å². The van der Waals surface area contributed by atoms with Crippen molar-refractivity contribution in [1.82, 2.24) is 4.90 Å². The fourth-order valence-corrected chi connectivity index (χ4v) is 3.11. The first-order valence-corrected chi connectivity index (χ1v) is 7.25. The van der Waals surface area contributed by atoms with Gasteiger partial charge in [0.2, 0.25) is 0 Å². The topological polar surface area (TPSA) is 6.48 Å². The van der Waals surface area contributed by atoms with E-state index in [1.165, 1.54) is 31.4 Å². The fourth-order valence-electron chi connectivity index (χ4n) is 2.89. The van der Waals surface area contributed by atoms with Crippen molar-refractivity contribution in [2.75, 3.05) is 32.6 Å². The average molecular weight is 285 g/mol. The van der Waals surface area contributed by atoms with Crippen LogP contribution in [0.2, 0.25) is 0 Å². The van der Waals surface area contributed by atoms with Gasteiger partial charge < -0.3 is 9.80 Å². The van der Waals surface area contributed by atoms with E-state index < -0.39 is 0 Å². The number of rotatable bonds is 5. The summed E-state index contributed by atoms with van der Waals surface area (Å²) in [5, 5.41) is 0. The Morgan fingerprint density at radius 2 is 1.95 bits per heavy atom. The molecule has 0 saturated heterocycles. The van der Waals surface area contributed by atoms with Gasteiger partial charge >= 0.3 is 0 Å². The summed E-state index contributed by atoms with van der Waals surface area (Å²) in [6, 6.07) is 4.86. The van der Waals surface area contributed by atoms with Crippen molar-refractivity contribution in [1.29, 1.82) is 0 Å². The Morgan fingerprint density at radius 1 is 1.26 bits per heavy atom. The van der Waals surface area contributed by atoms with E-state index in [1.807, 2.05) is 6.07 Å². The molecule has 1 aromatic rings. The van der Waals surface area contributed by atoms with Gasteiger partial charge in [0.05, 0.1) is 0 Å². The third kappa shape index (κ3) is 2.87. The minimum atomic E-state index is -0.223. The lowest BCUT2D eigenvalue weighted by atomic mass is 9.75. The molecular formula is C15H22ClFN2.